The van der Waals surface area contributed by atoms with E-state index in [-0.39, 0.29) is 0 Å². The molecule has 0 bridgehead atoms. The summed E-state index contributed by atoms with van der Waals surface area (Å²) < 4.78 is 0. The average molecular weight is 565 g/mol. The summed E-state index contributed by atoms with van der Waals surface area (Å²) in [5.41, 5.74) is 5.77. The number of unbranched alkanes of at least 4 members (excludes halogenated alkanes) is 11. The molecule has 0 saturated carbocycles. The second kappa shape index (κ2) is 24.5. The van der Waals surface area contributed by atoms with Crippen molar-refractivity contribution in [2.24, 2.45) is 9.98 Å². The zero-order valence-electron chi connectivity index (χ0n) is 27.0. The fourth-order valence-corrected chi connectivity index (χ4v) is 4.85. The van der Waals surface area contributed by atoms with Crippen LogP contribution in [0.2, 0.25) is 0 Å². The molecule has 0 unspecified atom stereocenters. The van der Waals surface area contributed by atoms with Crippen LogP contribution < -0.4 is 0 Å². The van der Waals surface area contributed by atoms with E-state index in [0.29, 0.717) is 0 Å². The maximum atomic E-state index is 5.13. The van der Waals surface area contributed by atoms with Gasteiger partial charge in [0.15, 0.2) is 0 Å². The molecule has 0 atom stereocenters. The first kappa shape index (κ1) is 35.1. The lowest BCUT2D eigenvalue weighted by Gasteiger charge is -2.08. The second-order valence-electron chi connectivity index (χ2n) is 11.3. The highest BCUT2D eigenvalue weighted by Crippen LogP contribution is 2.23. The van der Waals surface area contributed by atoms with E-state index < -0.39 is 0 Å². The first-order valence-corrected chi connectivity index (χ1v) is 17.0. The van der Waals surface area contributed by atoms with Crippen LogP contribution in [0, 0.1) is 23.7 Å². The van der Waals surface area contributed by atoms with Gasteiger partial charge >= 0.3 is 0 Å². The largest absolute Gasteiger partial charge is 0.255 e. The first-order chi connectivity index (χ1) is 20.8. The molecule has 2 aromatic rings. The van der Waals surface area contributed by atoms with E-state index in [1.165, 1.54) is 62.5 Å². The van der Waals surface area contributed by atoms with Gasteiger partial charge in [0.25, 0.3) is 0 Å². The van der Waals surface area contributed by atoms with Gasteiger partial charge in [0.2, 0.25) is 0 Å². The lowest BCUT2D eigenvalue weighted by molar-refractivity contribution is 0.679. The monoisotopic (exact) mass is 564 g/mol. The van der Waals surface area contributed by atoms with E-state index in [0.717, 1.165) is 87.7 Å². The average Bonchev–Trinajstić information content (AvgIpc) is 3.02. The van der Waals surface area contributed by atoms with Crippen molar-refractivity contribution >= 4 is 23.3 Å². The third kappa shape index (κ3) is 16.4. The number of aliphatic imine (C=N–C) groups is 2. The summed E-state index contributed by atoms with van der Waals surface area (Å²) >= 11 is 0. The summed E-state index contributed by atoms with van der Waals surface area (Å²) in [7, 11) is 0. The Labute approximate surface area is 258 Å². The molecule has 0 heterocycles. The Kier molecular flexibility index (Phi) is 20.5. The van der Waals surface area contributed by atoms with Gasteiger partial charge in [-0.15, -0.1) is 23.7 Å². The predicted octanol–water partition coefficient (Wildman–Crippen LogP) is 11.9. The summed E-state index contributed by atoms with van der Waals surface area (Å²) in [4.78, 5) is 10.1. The van der Waals surface area contributed by atoms with E-state index >= 15 is 0 Å². The van der Waals surface area contributed by atoms with Gasteiger partial charge in [0.05, 0.1) is 17.1 Å². The van der Waals surface area contributed by atoms with Crippen LogP contribution in [0.4, 0.5) is 11.4 Å². The minimum Gasteiger partial charge on any atom is -0.255 e. The molecule has 0 N–H and O–H groups in total. The standard InChI is InChI=1S/C40H56N2/c1-4-7-10-12-14-16-18-20-22-28-36-30-24-26-33-39(36)41-35-38(32-9-6-3)42-40-34-27-25-31-37(40)29-23-21-19-17-15-13-11-8-5-2/h24-27,30-31,33-35H,4-15,20-23,28-29,32H2,1-3H3. The minimum absolute atomic E-state index is 0.938. The molecule has 2 nitrogen and oxygen atoms in total. The fourth-order valence-electron chi connectivity index (χ4n) is 4.85. The Balaban J connectivity index is 1.99. The van der Waals surface area contributed by atoms with Gasteiger partial charge in [0, 0.05) is 31.9 Å². The van der Waals surface area contributed by atoms with Gasteiger partial charge in [-0.2, -0.15) is 0 Å². The maximum Gasteiger partial charge on any atom is 0.0665 e. The third-order valence-corrected chi connectivity index (χ3v) is 7.44. The normalized spacial score (nSPS) is 11.3. The topological polar surface area (TPSA) is 24.7 Å². The molecular formula is C40H56N2. The van der Waals surface area contributed by atoms with Crippen molar-refractivity contribution in [3.8, 4) is 23.7 Å². The van der Waals surface area contributed by atoms with Crippen LogP contribution in [-0.2, 0) is 12.8 Å². The summed E-state index contributed by atoms with van der Waals surface area (Å²) in [5, 5.41) is 0. The zero-order valence-corrected chi connectivity index (χ0v) is 27.0. The first-order valence-electron chi connectivity index (χ1n) is 17.0. The predicted molar refractivity (Wildman–Crippen MR) is 187 cm³/mol. The number of rotatable bonds is 20. The van der Waals surface area contributed by atoms with E-state index in [9.17, 15) is 0 Å². The van der Waals surface area contributed by atoms with Crippen molar-refractivity contribution in [1.82, 2.24) is 0 Å². The summed E-state index contributed by atoms with van der Waals surface area (Å²) in [6.45, 7) is 6.74. The SMILES string of the molecule is CCCCCCC#CCCCc1ccccc1N=CC(CCCC)=Nc1ccccc1CCCC#CCCCCCC. The maximum absolute atomic E-state index is 5.13. The number of benzene rings is 2. The van der Waals surface area contributed by atoms with Gasteiger partial charge in [-0.1, -0.05) is 102 Å². The van der Waals surface area contributed by atoms with Gasteiger partial charge < -0.3 is 0 Å². The van der Waals surface area contributed by atoms with E-state index in [1.807, 2.05) is 6.21 Å². The molecular weight excluding hydrogens is 508 g/mol. The molecule has 2 heteroatoms. The Hall–Kier alpha value is -3.10. The molecule has 0 saturated heterocycles. The highest BCUT2D eigenvalue weighted by atomic mass is 14.8. The number of nitrogens with zero attached hydrogens (tertiary/aromatic N) is 2. The summed E-state index contributed by atoms with van der Waals surface area (Å²) in [6, 6.07) is 17.1. The number of aryl methyl sites for hydroxylation is 2. The highest BCUT2D eigenvalue weighted by Gasteiger charge is 2.05. The Morgan fingerprint density at radius 2 is 1.02 bits per heavy atom. The van der Waals surface area contributed by atoms with Crippen LogP contribution in [0.15, 0.2) is 58.5 Å². The minimum atomic E-state index is 0.938. The molecule has 0 aliphatic heterocycles. The highest BCUT2D eigenvalue weighted by molar-refractivity contribution is 6.31. The molecule has 226 valence electrons. The lowest BCUT2D eigenvalue weighted by atomic mass is 10.1. The van der Waals surface area contributed by atoms with Crippen LogP contribution in [0.3, 0.4) is 0 Å². The van der Waals surface area contributed by atoms with E-state index in [1.54, 1.807) is 0 Å². The smallest absolute Gasteiger partial charge is 0.0665 e. The molecule has 0 aliphatic carbocycles. The summed E-state index contributed by atoms with van der Waals surface area (Å²) in [5.74, 6) is 13.5. The van der Waals surface area contributed by atoms with Crippen LogP contribution >= 0.6 is 0 Å². The Bertz CT molecular complexity index is 1170. The van der Waals surface area contributed by atoms with Gasteiger partial charge in [-0.3, -0.25) is 9.98 Å². The molecule has 0 spiro atoms. The number of hydrogen-bond acceptors (Lipinski definition) is 2. The van der Waals surface area contributed by atoms with Crippen LogP contribution in [0.1, 0.15) is 141 Å². The van der Waals surface area contributed by atoms with Crippen molar-refractivity contribution in [3.05, 3.63) is 59.7 Å². The second-order valence-corrected chi connectivity index (χ2v) is 11.3. The number of hydrogen-bond donors (Lipinski definition) is 0. The third-order valence-electron chi connectivity index (χ3n) is 7.44. The Morgan fingerprint density at radius 3 is 1.57 bits per heavy atom. The molecule has 0 fully saturated rings. The molecule has 0 aromatic heterocycles. The van der Waals surface area contributed by atoms with Crippen molar-refractivity contribution < 1.29 is 0 Å². The lowest BCUT2D eigenvalue weighted by Crippen LogP contribution is -2.00. The molecule has 0 amide bonds. The number of para-hydroxylation sites is 2. The van der Waals surface area contributed by atoms with Crippen LogP contribution in [-0.4, -0.2) is 11.9 Å². The zero-order chi connectivity index (χ0) is 29.9. The van der Waals surface area contributed by atoms with Gasteiger partial charge in [0.1, 0.15) is 0 Å². The van der Waals surface area contributed by atoms with E-state index in [2.05, 4.69) is 93.0 Å². The quantitative estimate of drug-likeness (QED) is 0.0868. The molecule has 0 aliphatic rings. The Morgan fingerprint density at radius 1 is 0.548 bits per heavy atom. The molecule has 42 heavy (non-hydrogen) atoms. The van der Waals surface area contributed by atoms with Crippen molar-refractivity contribution in [1.29, 1.82) is 0 Å². The fraction of sp³-hybridized carbons (Fsp3) is 0.550. The van der Waals surface area contributed by atoms with Crippen molar-refractivity contribution in [2.75, 3.05) is 0 Å². The van der Waals surface area contributed by atoms with Gasteiger partial charge in [-0.25, -0.2) is 0 Å². The van der Waals surface area contributed by atoms with Crippen molar-refractivity contribution in [2.45, 2.75) is 143 Å². The van der Waals surface area contributed by atoms with Gasteiger partial charge in [-0.05, 0) is 74.6 Å². The van der Waals surface area contributed by atoms with Crippen molar-refractivity contribution in [3.63, 3.8) is 0 Å². The van der Waals surface area contributed by atoms with Crippen LogP contribution in [0.5, 0.6) is 0 Å². The molecule has 2 aromatic carbocycles. The van der Waals surface area contributed by atoms with E-state index in [4.69, 9.17) is 9.98 Å². The van der Waals surface area contributed by atoms with Crippen LogP contribution in [0.25, 0.3) is 0 Å². The summed E-state index contributed by atoms with van der Waals surface area (Å²) in [6.07, 6.45) is 23.6. The molecule has 2 rings (SSSR count). The molecule has 0 radical (unpaired) electrons.